The molecule has 1 amide bonds. The first-order valence-corrected chi connectivity index (χ1v) is 13.9. The van der Waals surface area contributed by atoms with E-state index in [2.05, 4.69) is 33.1 Å². The number of nitrogens with one attached hydrogen (secondary N) is 1. The SMILES string of the molecule is CCc1c(-c2cc(Nc3cc(COC)n(C)n3)c(=O)n(C)n2)cccc1N1CCn2c(cc3c2CCCC3)C1=O. The molecule has 1 aliphatic heterocycles. The molecule has 208 valence electrons. The number of fused-ring (bicyclic) bond motifs is 3. The molecule has 2 aliphatic rings. The summed E-state index contributed by atoms with van der Waals surface area (Å²) < 4.78 is 10.5. The highest BCUT2D eigenvalue weighted by atomic mass is 16.5. The molecular formula is C30H35N7O3. The highest BCUT2D eigenvalue weighted by Gasteiger charge is 2.31. The van der Waals surface area contributed by atoms with Crippen molar-refractivity contribution in [2.24, 2.45) is 14.1 Å². The van der Waals surface area contributed by atoms with E-state index in [0.29, 0.717) is 36.8 Å². The molecule has 0 saturated heterocycles. The van der Waals surface area contributed by atoms with E-state index in [1.54, 1.807) is 24.9 Å². The Labute approximate surface area is 233 Å². The minimum absolute atomic E-state index is 0.0466. The third-order valence-corrected chi connectivity index (χ3v) is 8.09. The quantitative estimate of drug-likeness (QED) is 0.380. The average molecular weight is 542 g/mol. The smallest absolute Gasteiger partial charge is 0.290 e. The van der Waals surface area contributed by atoms with Crippen LogP contribution in [0, 0.1) is 0 Å². The number of methoxy groups -OCH3 is 1. The zero-order valence-electron chi connectivity index (χ0n) is 23.5. The Morgan fingerprint density at radius 2 is 1.82 bits per heavy atom. The van der Waals surface area contributed by atoms with E-state index in [9.17, 15) is 9.59 Å². The van der Waals surface area contributed by atoms with E-state index < -0.39 is 0 Å². The summed E-state index contributed by atoms with van der Waals surface area (Å²) in [6.45, 7) is 3.93. The van der Waals surface area contributed by atoms with Crippen molar-refractivity contribution in [2.75, 3.05) is 23.9 Å². The number of anilines is 3. The second kappa shape index (κ2) is 10.4. The van der Waals surface area contributed by atoms with Crippen LogP contribution in [0.3, 0.4) is 0 Å². The number of nitrogens with zero attached hydrogens (tertiary/aromatic N) is 6. The molecule has 0 fully saturated rings. The summed E-state index contributed by atoms with van der Waals surface area (Å²) in [6.07, 6.45) is 5.20. The second-order valence-electron chi connectivity index (χ2n) is 10.5. The Morgan fingerprint density at radius 1 is 1.00 bits per heavy atom. The van der Waals surface area contributed by atoms with Gasteiger partial charge in [0.05, 0.1) is 18.0 Å². The number of rotatable bonds is 7. The van der Waals surface area contributed by atoms with Crippen LogP contribution in [0.15, 0.2) is 41.2 Å². The maximum atomic E-state index is 13.8. The summed E-state index contributed by atoms with van der Waals surface area (Å²) in [4.78, 5) is 28.7. The fourth-order valence-electron chi connectivity index (χ4n) is 6.12. The molecule has 0 atom stereocenters. The first-order chi connectivity index (χ1) is 19.4. The van der Waals surface area contributed by atoms with Gasteiger partial charge in [0.2, 0.25) is 0 Å². The minimum Gasteiger partial charge on any atom is -0.378 e. The lowest BCUT2D eigenvalue weighted by Gasteiger charge is -2.31. The molecule has 1 aliphatic carbocycles. The Bertz CT molecular complexity index is 1660. The lowest BCUT2D eigenvalue weighted by Crippen LogP contribution is -2.41. The third-order valence-electron chi connectivity index (χ3n) is 8.09. The monoisotopic (exact) mass is 541 g/mol. The number of aryl methyl sites for hydroxylation is 3. The molecule has 4 heterocycles. The molecule has 3 aromatic heterocycles. The summed E-state index contributed by atoms with van der Waals surface area (Å²) in [6, 6.07) is 11.7. The van der Waals surface area contributed by atoms with Gasteiger partial charge in [-0.1, -0.05) is 19.1 Å². The van der Waals surface area contributed by atoms with Crippen molar-refractivity contribution in [1.82, 2.24) is 24.1 Å². The molecule has 0 radical (unpaired) electrons. The second-order valence-corrected chi connectivity index (χ2v) is 10.5. The number of ether oxygens (including phenoxy) is 1. The van der Waals surface area contributed by atoms with Gasteiger partial charge in [-0.2, -0.15) is 10.2 Å². The lowest BCUT2D eigenvalue weighted by atomic mass is 9.98. The Morgan fingerprint density at radius 3 is 2.62 bits per heavy atom. The molecule has 10 heteroatoms. The summed E-state index contributed by atoms with van der Waals surface area (Å²) in [5.41, 5.74) is 7.94. The highest BCUT2D eigenvalue weighted by Crippen LogP contribution is 2.35. The van der Waals surface area contributed by atoms with E-state index in [-0.39, 0.29) is 11.5 Å². The van der Waals surface area contributed by atoms with Crippen LogP contribution in [-0.2, 0) is 51.2 Å². The Hall–Kier alpha value is -4.18. The molecule has 1 N–H and O–H groups in total. The molecule has 6 rings (SSSR count). The fraction of sp³-hybridized carbons (Fsp3) is 0.400. The van der Waals surface area contributed by atoms with Crippen molar-refractivity contribution in [3.63, 3.8) is 0 Å². The maximum Gasteiger partial charge on any atom is 0.290 e. The zero-order chi connectivity index (χ0) is 28.0. The molecule has 0 spiro atoms. The van der Waals surface area contributed by atoms with E-state index in [1.165, 1.54) is 28.8 Å². The number of carbonyl (C=O) groups excluding carboxylic acids is 1. The first kappa shape index (κ1) is 26.1. The van der Waals surface area contributed by atoms with E-state index in [4.69, 9.17) is 4.74 Å². The summed E-state index contributed by atoms with van der Waals surface area (Å²) in [7, 11) is 5.11. The summed E-state index contributed by atoms with van der Waals surface area (Å²) in [5, 5.41) is 12.2. The predicted molar refractivity (Wildman–Crippen MR) is 154 cm³/mol. The van der Waals surface area contributed by atoms with Gasteiger partial charge in [-0.25, -0.2) is 4.68 Å². The van der Waals surface area contributed by atoms with Crippen LogP contribution < -0.4 is 15.8 Å². The molecule has 10 nitrogen and oxygen atoms in total. The highest BCUT2D eigenvalue weighted by molar-refractivity contribution is 6.07. The van der Waals surface area contributed by atoms with Crippen LogP contribution in [0.5, 0.6) is 0 Å². The van der Waals surface area contributed by atoms with Gasteiger partial charge < -0.3 is 19.5 Å². The molecule has 1 aromatic carbocycles. The molecule has 40 heavy (non-hydrogen) atoms. The average Bonchev–Trinajstić information content (AvgIpc) is 3.51. The molecular weight excluding hydrogens is 506 g/mol. The maximum absolute atomic E-state index is 13.8. The Kier molecular flexibility index (Phi) is 6.79. The normalized spacial score (nSPS) is 14.8. The number of hydrogen-bond acceptors (Lipinski definition) is 6. The largest absolute Gasteiger partial charge is 0.378 e. The van der Waals surface area contributed by atoms with Gasteiger partial charge >= 0.3 is 0 Å². The molecule has 0 bridgehead atoms. The number of benzene rings is 1. The standard InChI is InChI=1S/C30H35N7O3/c1-5-21-22(23-17-24(29(38)35(3)32-23)31-28-16-20(18-40-4)34(2)33-28)10-8-12-26(21)37-14-13-36-25-11-7-6-9-19(25)15-27(36)30(37)39/h8,10,12,15-17H,5-7,9,11,13-14,18H2,1-4H3,(H,31,33). The van der Waals surface area contributed by atoms with Gasteiger partial charge in [0.15, 0.2) is 5.82 Å². The number of hydrogen-bond donors (Lipinski definition) is 1. The fourth-order valence-corrected chi connectivity index (χ4v) is 6.12. The van der Waals surface area contributed by atoms with Crippen LogP contribution in [0.2, 0.25) is 0 Å². The van der Waals surface area contributed by atoms with Gasteiger partial charge in [0.1, 0.15) is 11.4 Å². The van der Waals surface area contributed by atoms with Crippen molar-refractivity contribution in [2.45, 2.75) is 52.2 Å². The van der Waals surface area contributed by atoms with Crippen molar-refractivity contribution in [1.29, 1.82) is 0 Å². The minimum atomic E-state index is -0.257. The summed E-state index contributed by atoms with van der Waals surface area (Å²) in [5.74, 6) is 0.600. The van der Waals surface area contributed by atoms with Crippen molar-refractivity contribution in [3.05, 3.63) is 75.0 Å². The third kappa shape index (κ3) is 4.42. The van der Waals surface area contributed by atoms with Crippen molar-refractivity contribution in [3.8, 4) is 11.3 Å². The van der Waals surface area contributed by atoms with Crippen LogP contribution in [0.4, 0.5) is 17.2 Å². The number of amides is 1. The van der Waals surface area contributed by atoms with Crippen LogP contribution in [-0.4, -0.2) is 43.7 Å². The van der Waals surface area contributed by atoms with Gasteiger partial charge in [0, 0.05) is 57.3 Å². The van der Waals surface area contributed by atoms with Crippen LogP contribution in [0.1, 0.15) is 52.8 Å². The van der Waals surface area contributed by atoms with Gasteiger partial charge in [-0.3, -0.25) is 14.3 Å². The van der Waals surface area contributed by atoms with E-state index in [1.807, 2.05) is 36.2 Å². The Balaban J connectivity index is 1.37. The predicted octanol–water partition coefficient (Wildman–Crippen LogP) is 3.97. The van der Waals surface area contributed by atoms with Crippen LogP contribution in [0.25, 0.3) is 11.3 Å². The van der Waals surface area contributed by atoms with Gasteiger partial charge in [0.25, 0.3) is 11.5 Å². The molecule has 4 aromatic rings. The van der Waals surface area contributed by atoms with Crippen molar-refractivity contribution < 1.29 is 9.53 Å². The van der Waals surface area contributed by atoms with Crippen molar-refractivity contribution >= 4 is 23.1 Å². The van der Waals surface area contributed by atoms with Gasteiger partial charge in [-0.15, -0.1) is 0 Å². The molecule has 0 unspecified atom stereocenters. The topological polar surface area (TPSA) is 99.2 Å². The number of aromatic nitrogens is 5. The van der Waals surface area contributed by atoms with Crippen LogP contribution >= 0.6 is 0 Å². The summed E-state index contributed by atoms with van der Waals surface area (Å²) >= 11 is 0. The van der Waals surface area contributed by atoms with E-state index in [0.717, 1.165) is 47.6 Å². The molecule has 0 saturated carbocycles. The zero-order valence-corrected chi connectivity index (χ0v) is 23.5. The first-order valence-electron chi connectivity index (χ1n) is 13.9. The number of carbonyl (C=O) groups is 1. The lowest BCUT2D eigenvalue weighted by molar-refractivity contribution is 0.0964. The van der Waals surface area contributed by atoms with Gasteiger partial charge in [-0.05, 0) is 61.4 Å². The van der Waals surface area contributed by atoms with E-state index >= 15 is 0 Å².